The van der Waals surface area contributed by atoms with E-state index in [1.54, 1.807) is 24.3 Å². The number of rotatable bonds is 5. The van der Waals surface area contributed by atoms with Gasteiger partial charge >= 0.3 is 0 Å². The molecule has 33 heavy (non-hydrogen) atoms. The van der Waals surface area contributed by atoms with Gasteiger partial charge in [0, 0.05) is 5.56 Å². The number of hydrogen-bond acceptors (Lipinski definition) is 5. The SMILES string of the molecule is C[C@@]1(c2cccc(OCc3ccccc3)c2)C(N)=N[C@](C)(c2cc(F)ccc2F)CS1(=O)=O. The zero-order valence-corrected chi connectivity index (χ0v) is 19.1. The summed E-state index contributed by atoms with van der Waals surface area (Å²) in [7, 11) is -4.00. The monoisotopic (exact) mass is 470 g/mol. The maximum Gasteiger partial charge on any atom is 0.169 e. The van der Waals surface area contributed by atoms with Crippen molar-refractivity contribution in [3.05, 3.63) is 101 Å². The van der Waals surface area contributed by atoms with E-state index in [0.29, 0.717) is 17.9 Å². The van der Waals surface area contributed by atoms with Crippen LogP contribution in [-0.2, 0) is 26.7 Å². The number of aliphatic imine (C=N–C) groups is 1. The van der Waals surface area contributed by atoms with Gasteiger partial charge in [-0.2, -0.15) is 0 Å². The van der Waals surface area contributed by atoms with E-state index in [-0.39, 0.29) is 11.4 Å². The van der Waals surface area contributed by atoms with Crippen LogP contribution in [0.2, 0.25) is 0 Å². The first kappa shape index (κ1) is 22.9. The van der Waals surface area contributed by atoms with Crippen molar-refractivity contribution in [1.82, 2.24) is 0 Å². The van der Waals surface area contributed by atoms with E-state index in [4.69, 9.17) is 10.5 Å². The summed E-state index contributed by atoms with van der Waals surface area (Å²) in [5.74, 6) is -1.68. The smallest absolute Gasteiger partial charge is 0.169 e. The number of amidine groups is 1. The second-order valence-corrected chi connectivity index (χ2v) is 10.8. The fraction of sp³-hybridized carbons (Fsp3) is 0.240. The van der Waals surface area contributed by atoms with Crippen molar-refractivity contribution < 1.29 is 21.9 Å². The van der Waals surface area contributed by atoms with Gasteiger partial charge in [-0.3, -0.25) is 4.99 Å². The first-order valence-corrected chi connectivity index (χ1v) is 12.0. The zero-order chi connectivity index (χ0) is 23.9. The van der Waals surface area contributed by atoms with Crippen molar-refractivity contribution in [3.8, 4) is 5.75 Å². The van der Waals surface area contributed by atoms with Gasteiger partial charge in [-0.1, -0.05) is 42.5 Å². The van der Waals surface area contributed by atoms with E-state index >= 15 is 0 Å². The molecule has 0 amide bonds. The van der Waals surface area contributed by atoms with Crippen LogP contribution >= 0.6 is 0 Å². The average molecular weight is 471 g/mol. The second-order valence-electron chi connectivity index (χ2n) is 8.49. The zero-order valence-electron chi connectivity index (χ0n) is 18.3. The summed E-state index contributed by atoms with van der Waals surface area (Å²) < 4.78 is 59.6. The summed E-state index contributed by atoms with van der Waals surface area (Å²) >= 11 is 0. The van der Waals surface area contributed by atoms with Crippen LogP contribution in [-0.4, -0.2) is 20.0 Å². The lowest BCUT2D eigenvalue weighted by atomic mass is 9.91. The Morgan fingerprint density at radius 2 is 1.73 bits per heavy atom. The van der Waals surface area contributed by atoms with Crippen LogP contribution < -0.4 is 10.5 Å². The molecule has 0 aliphatic carbocycles. The molecule has 8 heteroatoms. The Balaban J connectivity index is 1.72. The number of ether oxygens (including phenoxy) is 1. The Hall–Kier alpha value is -3.26. The van der Waals surface area contributed by atoms with Gasteiger partial charge < -0.3 is 10.5 Å². The molecule has 172 valence electrons. The number of nitrogens with zero attached hydrogens (tertiary/aromatic N) is 1. The Labute approximate surface area is 191 Å². The third kappa shape index (κ3) is 4.11. The van der Waals surface area contributed by atoms with Gasteiger partial charge in [0.25, 0.3) is 0 Å². The highest BCUT2D eigenvalue weighted by atomic mass is 32.2. The highest BCUT2D eigenvalue weighted by molar-refractivity contribution is 7.93. The fourth-order valence-electron chi connectivity index (χ4n) is 4.08. The summed E-state index contributed by atoms with van der Waals surface area (Å²) in [6.07, 6.45) is 0. The molecule has 2 atom stereocenters. The van der Waals surface area contributed by atoms with E-state index in [1.807, 2.05) is 30.3 Å². The number of benzene rings is 3. The molecule has 1 aliphatic rings. The highest BCUT2D eigenvalue weighted by Crippen LogP contribution is 2.43. The summed E-state index contributed by atoms with van der Waals surface area (Å²) in [6, 6.07) is 19.1. The molecular formula is C25H24F2N2O3S. The topological polar surface area (TPSA) is 81.8 Å². The Kier molecular flexibility index (Phi) is 5.74. The van der Waals surface area contributed by atoms with Crippen LogP contribution in [0.4, 0.5) is 8.78 Å². The van der Waals surface area contributed by atoms with Crippen molar-refractivity contribution in [3.63, 3.8) is 0 Å². The molecule has 3 aromatic carbocycles. The predicted molar refractivity (Wildman–Crippen MR) is 124 cm³/mol. The fourth-order valence-corrected chi connectivity index (χ4v) is 6.18. The average Bonchev–Trinajstić information content (AvgIpc) is 2.78. The van der Waals surface area contributed by atoms with E-state index in [9.17, 15) is 17.2 Å². The van der Waals surface area contributed by atoms with E-state index in [1.165, 1.54) is 13.8 Å². The first-order chi connectivity index (χ1) is 15.5. The summed E-state index contributed by atoms with van der Waals surface area (Å²) in [5, 5.41) is 0. The van der Waals surface area contributed by atoms with Gasteiger partial charge in [-0.25, -0.2) is 17.2 Å². The Bertz CT molecular complexity index is 1330. The molecule has 0 spiro atoms. The molecule has 3 aromatic rings. The largest absolute Gasteiger partial charge is 0.489 e. The normalized spacial score (nSPS) is 24.2. The molecule has 0 radical (unpaired) electrons. The van der Waals surface area contributed by atoms with Crippen LogP contribution in [0, 0.1) is 11.6 Å². The van der Waals surface area contributed by atoms with Crippen molar-refractivity contribution in [2.45, 2.75) is 30.7 Å². The van der Waals surface area contributed by atoms with Gasteiger partial charge in [0.1, 0.15) is 35.4 Å². The molecule has 0 fully saturated rings. The lowest BCUT2D eigenvalue weighted by Gasteiger charge is -2.40. The molecule has 0 aromatic heterocycles. The standard InChI is InChI=1S/C25H24F2N2O3S/c1-24(21-14-19(26)11-12-22(21)27)16-33(30,31)25(2,23(28)29-24)18-9-6-10-20(13-18)32-15-17-7-4-3-5-8-17/h3-14H,15-16H2,1-2H3,(H2,28,29)/t24-,25+/m0/s1. The van der Waals surface area contributed by atoms with Crippen LogP contribution in [0.5, 0.6) is 5.75 Å². The molecule has 0 saturated heterocycles. The maximum atomic E-state index is 14.5. The van der Waals surface area contributed by atoms with Crippen molar-refractivity contribution >= 4 is 15.7 Å². The van der Waals surface area contributed by atoms with Crippen LogP contribution in [0.15, 0.2) is 77.8 Å². The molecule has 2 N–H and O–H groups in total. The quantitative estimate of drug-likeness (QED) is 0.597. The van der Waals surface area contributed by atoms with Gasteiger partial charge in [-0.05, 0) is 55.3 Å². The molecular weight excluding hydrogens is 446 g/mol. The molecule has 0 bridgehead atoms. The Morgan fingerprint density at radius 1 is 1.00 bits per heavy atom. The molecule has 1 aliphatic heterocycles. The van der Waals surface area contributed by atoms with Crippen LogP contribution in [0.25, 0.3) is 0 Å². The van der Waals surface area contributed by atoms with Crippen LogP contribution in [0.1, 0.15) is 30.5 Å². The highest BCUT2D eigenvalue weighted by Gasteiger charge is 2.53. The molecule has 0 saturated carbocycles. The summed E-state index contributed by atoms with van der Waals surface area (Å²) in [5.41, 5.74) is 5.89. The Morgan fingerprint density at radius 3 is 2.42 bits per heavy atom. The molecule has 0 unspecified atom stereocenters. The van der Waals surface area contributed by atoms with Crippen LogP contribution in [0.3, 0.4) is 0 Å². The number of sulfone groups is 1. The third-order valence-electron chi connectivity index (χ3n) is 6.09. The minimum atomic E-state index is -4.00. The van der Waals surface area contributed by atoms with Crippen molar-refractivity contribution in [2.24, 2.45) is 10.7 Å². The summed E-state index contributed by atoms with van der Waals surface area (Å²) in [4.78, 5) is 4.40. The predicted octanol–water partition coefficient (Wildman–Crippen LogP) is 4.46. The van der Waals surface area contributed by atoms with Crippen molar-refractivity contribution in [2.75, 3.05) is 5.75 Å². The lowest BCUT2D eigenvalue weighted by molar-refractivity contribution is 0.306. The van der Waals surface area contributed by atoms with Gasteiger partial charge in [0.05, 0.1) is 5.75 Å². The molecule has 5 nitrogen and oxygen atoms in total. The third-order valence-corrected chi connectivity index (χ3v) is 8.72. The number of nitrogens with two attached hydrogens (primary N) is 1. The van der Waals surface area contributed by atoms with Gasteiger partial charge in [0.15, 0.2) is 14.6 Å². The van der Waals surface area contributed by atoms with E-state index in [2.05, 4.69) is 4.99 Å². The first-order valence-electron chi connectivity index (χ1n) is 10.4. The minimum Gasteiger partial charge on any atom is -0.489 e. The second kappa shape index (κ2) is 8.26. The van der Waals surface area contributed by atoms with Crippen molar-refractivity contribution in [1.29, 1.82) is 0 Å². The molecule has 4 rings (SSSR count). The minimum absolute atomic E-state index is 0.156. The number of halogens is 2. The molecule has 1 heterocycles. The maximum absolute atomic E-state index is 14.5. The van der Waals surface area contributed by atoms with Gasteiger partial charge in [0.2, 0.25) is 0 Å². The van der Waals surface area contributed by atoms with E-state index in [0.717, 1.165) is 23.8 Å². The number of hydrogen-bond donors (Lipinski definition) is 1. The van der Waals surface area contributed by atoms with Gasteiger partial charge in [-0.15, -0.1) is 0 Å². The van der Waals surface area contributed by atoms with E-state index < -0.39 is 37.5 Å². The summed E-state index contributed by atoms with van der Waals surface area (Å²) in [6.45, 7) is 3.22. The lowest BCUT2D eigenvalue weighted by Crippen LogP contribution is -2.54.